The summed E-state index contributed by atoms with van der Waals surface area (Å²) < 4.78 is 8.30. The van der Waals surface area contributed by atoms with Gasteiger partial charge in [-0.25, -0.2) is 4.79 Å². The van der Waals surface area contributed by atoms with Crippen LogP contribution in [0.1, 0.15) is 31.1 Å². The number of fused-ring (bicyclic) bond motifs is 1. The number of carbonyl (C=O) groups excluding carboxylic acids is 2. The van der Waals surface area contributed by atoms with Gasteiger partial charge in [-0.3, -0.25) is 13.9 Å². The molecule has 0 N–H and O–H groups in total. The van der Waals surface area contributed by atoms with Gasteiger partial charge in [0, 0.05) is 24.0 Å². The lowest BCUT2D eigenvalue weighted by molar-refractivity contribution is 0.0544. The Morgan fingerprint density at radius 3 is 2.30 bits per heavy atom. The molecular formula is C18H18N2O3. The Labute approximate surface area is 134 Å². The SMILES string of the molecule is CC(C)(C)OC(=O)n1cc(C(=O)n2cccc2)c2ccccc21. The summed E-state index contributed by atoms with van der Waals surface area (Å²) in [5.74, 6) is -0.187. The number of hydrogen-bond acceptors (Lipinski definition) is 3. The van der Waals surface area contributed by atoms with Crippen LogP contribution in [0, 0.1) is 0 Å². The van der Waals surface area contributed by atoms with Gasteiger partial charge in [0.2, 0.25) is 0 Å². The van der Waals surface area contributed by atoms with E-state index in [4.69, 9.17) is 4.74 Å². The summed E-state index contributed by atoms with van der Waals surface area (Å²) >= 11 is 0. The van der Waals surface area contributed by atoms with Crippen molar-refractivity contribution in [1.29, 1.82) is 0 Å². The molecule has 0 amide bonds. The van der Waals surface area contributed by atoms with Crippen molar-refractivity contribution in [3.05, 3.63) is 60.6 Å². The fourth-order valence-electron chi connectivity index (χ4n) is 2.42. The predicted octanol–water partition coefficient (Wildman–Crippen LogP) is 3.91. The van der Waals surface area contributed by atoms with E-state index in [-0.39, 0.29) is 5.91 Å². The highest BCUT2D eigenvalue weighted by molar-refractivity contribution is 6.09. The van der Waals surface area contributed by atoms with E-state index in [2.05, 4.69) is 0 Å². The molecule has 5 heteroatoms. The average molecular weight is 310 g/mol. The molecule has 3 rings (SSSR count). The number of rotatable bonds is 1. The van der Waals surface area contributed by atoms with Gasteiger partial charge in [-0.05, 0) is 39.0 Å². The molecule has 23 heavy (non-hydrogen) atoms. The van der Waals surface area contributed by atoms with E-state index in [0.29, 0.717) is 11.1 Å². The zero-order valence-corrected chi connectivity index (χ0v) is 13.3. The van der Waals surface area contributed by atoms with Crippen molar-refractivity contribution in [2.75, 3.05) is 0 Å². The second-order valence-electron chi connectivity index (χ2n) is 6.31. The van der Waals surface area contributed by atoms with Crippen LogP contribution in [0.5, 0.6) is 0 Å². The van der Waals surface area contributed by atoms with Crippen LogP contribution in [-0.2, 0) is 4.74 Å². The number of benzene rings is 1. The maximum absolute atomic E-state index is 12.6. The van der Waals surface area contributed by atoms with Gasteiger partial charge >= 0.3 is 6.09 Å². The summed E-state index contributed by atoms with van der Waals surface area (Å²) in [5.41, 5.74) is 0.507. The molecule has 0 aliphatic rings. The summed E-state index contributed by atoms with van der Waals surface area (Å²) in [7, 11) is 0. The Morgan fingerprint density at radius 2 is 1.65 bits per heavy atom. The Bertz CT molecular complexity index is 867. The number of ether oxygens (including phenoxy) is 1. The molecule has 118 valence electrons. The lowest BCUT2D eigenvalue weighted by Gasteiger charge is -2.19. The van der Waals surface area contributed by atoms with E-state index in [1.54, 1.807) is 36.8 Å². The van der Waals surface area contributed by atoms with Crippen LogP contribution in [0.15, 0.2) is 55.0 Å². The Balaban J connectivity index is 2.11. The zero-order valence-electron chi connectivity index (χ0n) is 13.3. The van der Waals surface area contributed by atoms with Crippen molar-refractivity contribution in [2.24, 2.45) is 0 Å². The van der Waals surface area contributed by atoms with Gasteiger partial charge in [0.25, 0.3) is 5.91 Å². The lowest BCUT2D eigenvalue weighted by atomic mass is 10.1. The van der Waals surface area contributed by atoms with Crippen molar-refractivity contribution < 1.29 is 14.3 Å². The van der Waals surface area contributed by atoms with Crippen molar-refractivity contribution in [3.8, 4) is 0 Å². The quantitative estimate of drug-likeness (QED) is 0.684. The van der Waals surface area contributed by atoms with Crippen LogP contribution in [0.3, 0.4) is 0 Å². The summed E-state index contributed by atoms with van der Waals surface area (Å²) in [5, 5.41) is 0.719. The number of nitrogens with zero attached hydrogens (tertiary/aromatic N) is 2. The van der Waals surface area contributed by atoms with Crippen LogP contribution in [0.2, 0.25) is 0 Å². The standard InChI is InChI=1S/C18H18N2O3/c1-18(2,3)23-17(22)20-12-14(13-8-4-5-9-15(13)20)16(21)19-10-6-7-11-19/h4-12H,1-3H3. The highest BCUT2D eigenvalue weighted by atomic mass is 16.6. The minimum Gasteiger partial charge on any atom is -0.443 e. The van der Waals surface area contributed by atoms with Gasteiger partial charge < -0.3 is 4.74 Å². The normalized spacial score (nSPS) is 11.6. The topological polar surface area (TPSA) is 53.2 Å². The minimum absolute atomic E-state index is 0.187. The minimum atomic E-state index is -0.604. The van der Waals surface area contributed by atoms with Crippen molar-refractivity contribution in [2.45, 2.75) is 26.4 Å². The first-order valence-corrected chi connectivity index (χ1v) is 7.38. The monoisotopic (exact) mass is 310 g/mol. The Morgan fingerprint density at radius 1 is 1.00 bits per heavy atom. The van der Waals surface area contributed by atoms with E-state index in [1.807, 2.05) is 39.0 Å². The fourth-order valence-corrected chi connectivity index (χ4v) is 2.42. The van der Waals surface area contributed by atoms with Gasteiger partial charge in [0.05, 0.1) is 11.1 Å². The number of para-hydroxylation sites is 1. The summed E-state index contributed by atoms with van der Waals surface area (Å²) in [4.78, 5) is 25.1. The molecule has 0 aliphatic carbocycles. The molecule has 3 aromatic rings. The number of hydrogen-bond donors (Lipinski definition) is 0. The average Bonchev–Trinajstić information content (AvgIpc) is 3.13. The fraction of sp³-hybridized carbons (Fsp3) is 0.222. The second kappa shape index (κ2) is 5.43. The smallest absolute Gasteiger partial charge is 0.419 e. The summed E-state index contributed by atoms with van der Waals surface area (Å²) in [6.45, 7) is 5.42. The molecule has 2 aromatic heterocycles. The molecule has 0 atom stereocenters. The van der Waals surface area contributed by atoms with Crippen molar-refractivity contribution in [3.63, 3.8) is 0 Å². The number of carbonyl (C=O) groups is 2. The number of aromatic nitrogens is 2. The molecule has 0 spiro atoms. The van der Waals surface area contributed by atoms with Gasteiger partial charge in [0.15, 0.2) is 0 Å². The first-order chi connectivity index (χ1) is 10.9. The maximum atomic E-state index is 12.6. The molecule has 0 saturated heterocycles. The predicted molar refractivity (Wildman–Crippen MR) is 87.7 cm³/mol. The van der Waals surface area contributed by atoms with Crippen LogP contribution in [0.25, 0.3) is 10.9 Å². The Hall–Kier alpha value is -2.82. The van der Waals surface area contributed by atoms with Gasteiger partial charge in [-0.1, -0.05) is 18.2 Å². The Kier molecular flexibility index (Phi) is 3.56. The van der Waals surface area contributed by atoms with E-state index in [0.717, 1.165) is 5.39 Å². The molecule has 5 nitrogen and oxygen atoms in total. The largest absolute Gasteiger partial charge is 0.443 e. The van der Waals surface area contributed by atoms with Crippen LogP contribution in [0.4, 0.5) is 4.79 Å². The van der Waals surface area contributed by atoms with E-state index < -0.39 is 11.7 Å². The van der Waals surface area contributed by atoms with Gasteiger partial charge in [0.1, 0.15) is 5.60 Å². The third-order valence-corrected chi connectivity index (χ3v) is 3.37. The van der Waals surface area contributed by atoms with Gasteiger partial charge in [-0.2, -0.15) is 0 Å². The molecule has 0 fully saturated rings. The highest BCUT2D eigenvalue weighted by Crippen LogP contribution is 2.23. The molecule has 0 aliphatic heterocycles. The molecule has 1 aromatic carbocycles. The molecule has 0 unspecified atom stereocenters. The molecular weight excluding hydrogens is 292 g/mol. The maximum Gasteiger partial charge on any atom is 0.419 e. The summed E-state index contributed by atoms with van der Waals surface area (Å²) in [6, 6.07) is 10.9. The van der Waals surface area contributed by atoms with Crippen LogP contribution >= 0.6 is 0 Å². The highest BCUT2D eigenvalue weighted by Gasteiger charge is 2.23. The van der Waals surface area contributed by atoms with Crippen LogP contribution in [-0.4, -0.2) is 26.7 Å². The van der Waals surface area contributed by atoms with Crippen molar-refractivity contribution in [1.82, 2.24) is 9.13 Å². The van der Waals surface area contributed by atoms with E-state index in [1.165, 1.54) is 9.13 Å². The second-order valence-corrected chi connectivity index (χ2v) is 6.31. The van der Waals surface area contributed by atoms with Crippen molar-refractivity contribution >= 4 is 22.9 Å². The van der Waals surface area contributed by atoms with E-state index >= 15 is 0 Å². The molecule has 0 radical (unpaired) electrons. The van der Waals surface area contributed by atoms with Crippen LogP contribution < -0.4 is 0 Å². The third-order valence-electron chi connectivity index (χ3n) is 3.37. The third kappa shape index (κ3) is 2.90. The lowest BCUT2D eigenvalue weighted by Crippen LogP contribution is -2.26. The molecule has 2 heterocycles. The van der Waals surface area contributed by atoms with Gasteiger partial charge in [-0.15, -0.1) is 0 Å². The zero-order chi connectivity index (χ0) is 16.6. The first-order valence-electron chi connectivity index (χ1n) is 7.38. The molecule has 0 bridgehead atoms. The first kappa shape index (κ1) is 15.1. The molecule has 0 saturated carbocycles. The summed E-state index contributed by atoms with van der Waals surface area (Å²) in [6.07, 6.45) is 4.41. The van der Waals surface area contributed by atoms with E-state index in [9.17, 15) is 9.59 Å².